The van der Waals surface area contributed by atoms with Crippen LogP contribution in [0.25, 0.3) is 0 Å². The quantitative estimate of drug-likeness (QED) is 0.804. The van der Waals surface area contributed by atoms with Crippen molar-refractivity contribution in [2.45, 2.75) is 12.8 Å². The van der Waals surface area contributed by atoms with Gasteiger partial charge >= 0.3 is 0 Å². The number of halogens is 2. The topological polar surface area (TPSA) is 51.2 Å². The van der Waals surface area contributed by atoms with Crippen LogP contribution in [0.15, 0.2) is 18.2 Å². The van der Waals surface area contributed by atoms with Crippen molar-refractivity contribution in [1.82, 2.24) is 0 Å². The summed E-state index contributed by atoms with van der Waals surface area (Å²) in [7, 11) is -3.01. The molecule has 6 heteroatoms. The molecular weight excluding hydrogens is 279 g/mol. The van der Waals surface area contributed by atoms with Gasteiger partial charge in [-0.15, -0.1) is 0 Å². The van der Waals surface area contributed by atoms with Crippen molar-refractivity contribution in [3.63, 3.8) is 0 Å². The summed E-state index contributed by atoms with van der Waals surface area (Å²) in [6, 6.07) is 3.87. The monoisotopic (exact) mass is 290 g/mol. The van der Waals surface area contributed by atoms with E-state index in [2.05, 4.69) is 0 Å². The standard InChI is InChI=1S/C12H12ClFO3S/c13-9-1-2-10(11(14)6-9)12(15)5-8-3-4-18(16,17)7-8/h1-2,6,8H,3-5,7H2. The minimum Gasteiger partial charge on any atom is -0.294 e. The Balaban J connectivity index is 2.09. The summed E-state index contributed by atoms with van der Waals surface area (Å²) in [4.78, 5) is 11.9. The zero-order valence-electron chi connectivity index (χ0n) is 9.53. The Bertz CT molecular complexity index is 583. The zero-order valence-corrected chi connectivity index (χ0v) is 11.1. The molecule has 1 atom stereocenters. The van der Waals surface area contributed by atoms with Gasteiger partial charge in [0.15, 0.2) is 15.6 Å². The summed E-state index contributed by atoms with van der Waals surface area (Å²) in [5, 5.41) is 0.229. The van der Waals surface area contributed by atoms with Crippen molar-refractivity contribution in [3.05, 3.63) is 34.6 Å². The number of carbonyl (C=O) groups is 1. The highest BCUT2D eigenvalue weighted by Gasteiger charge is 2.30. The minimum atomic E-state index is -3.01. The van der Waals surface area contributed by atoms with Crippen LogP contribution in [0.1, 0.15) is 23.2 Å². The molecule has 98 valence electrons. The lowest BCUT2D eigenvalue weighted by Crippen LogP contribution is -2.11. The Morgan fingerprint density at radius 1 is 1.44 bits per heavy atom. The molecule has 1 heterocycles. The molecule has 2 rings (SSSR count). The average Bonchev–Trinajstić information content (AvgIpc) is 2.57. The summed E-state index contributed by atoms with van der Waals surface area (Å²) in [6.45, 7) is 0. The second-order valence-electron chi connectivity index (χ2n) is 4.52. The van der Waals surface area contributed by atoms with Crippen LogP contribution in [0.3, 0.4) is 0 Å². The number of hydrogen-bond acceptors (Lipinski definition) is 3. The fraction of sp³-hybridized carbons (Fsp3) is 0.417. The molecule has 0 spiro atoms. The molecule has 18 heavy (non-hydrogen) atoms. The van der Waals surface area contributed by atoms with Crippen molar-refractivity contribution in [2.24, 2.45) is 5.92 Å². The highest BCUT2D eigenvalue weighted by atomic mass is 35.5. The van der Waals surface area contributed by atoms with Gasteiger partial charge < -0.3 is 0 Å². The van der Waals surface area contributed by atoms with Crippen molar-refractivity contribution in [3.8, 4) is 0 Å². The zero-order chi connectivity index (χ0) is 13.3. The van der Waals surface area contributed by atoms with E-state index in [0.29, 0.717) is 6.42 Å². The fourth-order valence-corrected chi connectivity index (χ4v) is 4.14. The van der Waals surface area contributed by atoms with Gasteiger partial charge in [0.25, 0.3) is 0 Å². The maximum Gasteiger partial charge on any atom is 0.166 e. The predicted octanol–water partition coefficient (Wildman–Crippen LogP) is 2.49. The lowest BCUT2D eigenvalue weighted by atomic mass is 9.97. The number of rotatable bonds is 3. The van der Waals surface area contributed by atoms with Gasteiger partial charge in [0.1, 0.15) is 5.82 Å². The third kappa shape index (κ3) is 3.09. The maximum absolute atomic E-state index is 13.5. The number of Topliss-reactive ketones (excluding diaryl/α,β-unsaturated/α-hetero) is 1. The summed E-state index contributed by atoms with van der Waals surface area (Å²) in [6.07, 6.45) is 0.543. The van der Waals surface area contributed by atoms with Gasteiger partial charge in [-0.1, -0.05) is 11.6 Å². The Morgan fingerprint density at radius 3 is 2.72 bits per heavy atom. The maximum atomic E-state index is 13.5. The Kier molecular flexibility index (Phi) is 3.73. The van der Waals surface area contributed by atoms with Crippen molar-refractivity contribution in [2.75, 3.05) is 11.5 Å². The molecule has 0 N–H and O–H groups in total. The third-order valence-corrected chi connectivity index (χ3v) is 5.10. The molecule has 1 aliphatic rings. The molecule has 0 radical (unpaired) electrons. The number of sulfone groups is 1. The normalized spacial score (nSPS) is 22.0. The van der Waals surface area contributed by atoms with E-state index in [4.69, 9.17) is 11.6 Å². The van der Waals surface area contributed by atoms with Gasteiger partial charge in [-0.2, -0.15) is 0 Å². The fourth-order valence-electron chi connectivity index (χ4n) is 2.12. The highest BCUT2D eigenvalue weighted by molar-refractivity contribution is 7.91. The van der Waals surface area contributed by atoms with Crippen LogP contribution in [-0.4, -0.2) is 25.7 Å². The van der Waals surface area contributed by atoms with Gasteiger partial charge in [-0.25, -0.2) is 12.8 Å². The molecule has 1 aromatic carbocycles. The summed E-state index contributed by atoms with van der Waals surface area (Å²) in [5.41, 5.74) is -0.0244. The average molecular weight is 291 g/mol. The summed E-state index contributed by atoms with van der Waals surface area (Å²) >= 11 is 5.60. The van der Waals surface area contributed by atoms with Gasteiger partial charge in [0, 0.05) is 11.4 Å². The molecule has 1 fully saturated rings. The van der Waals surface area contributed by atoms with Crippen LogP contribution in [0.2, 0.25) is 5.02 Å². The molecule has 1 unspecified atom stereocenters. The summed E-state index contributed by atoms with van der Waals surface area (Å²) < 4.78 is 36.0. The molecule has 0 saturated carbocycles. The van der Waals surface area contributed by atoms with Crippen LogP contribution in [0, 0.1) is 11.7 Å². The molecular formula is C12H12ClFO3S. The van der Waals surface area contributed by atoms with Crippen LogP contribution < -0.4 is 0 Å². The Morgan fingerprint density at radius 2 is 2.17 bits per heavy atom. The van der Waals surface area contributed by atoms with Gasteiger partial charge in [0.05, 0.1) is 17.1 Å². The van der Waals surface area contributed by atoms with E-state index < -0.39 is 15.7 Å². The first-order chi connectivity index (χ1) is 8.37. The minimum absolute atomic E-state index is 0.0218. The largest absolute Gasteiger partial charge is 0.294 e. The number of benzene rings is 1. The molecule has 0 aliphatic carbocycles. The highest BCUT2D eigenvalue weighted by Crippen LogP contribution is 2.24. The van der Waals surface area contributed by atoms with E-state index in [0.717, 1.165) is 6.07 Å². The van der Waals surface area contributed by atoms with E-state index in [9.17, 15) is 17.6 Å². The lowest BCUT2D eigenvalue weighted by Gasteiger charge is -2.07. The third-order valence-electron chi connectivity index (χ3n) is 3.03. The number of hydrogen-bond donors (Lipinski definition) is 0. The first-order valence-corrected chi connectivity index (χ1v) is 7.76. The molecule has 3 nitrogen and oxygen atoms in total. The van der Waals surface area contributed by atoms with Gasteiger partial charge in [-0.3, -0.25) is 4.79 Å². The summed E-state index contributed by atoms with van der Waals surface area (Å²) in [5.74, 6) is -1.08. The molecule has 0 bridgehead atoms. The van der Waals surface area contributed by atoms with Crippen LogP contribution in [0.5, 0.6) is 0 Å². The molecule has 0 amide bonds. The van der Waals surface area contributed by atoms with E-state index in [1.165, 1.54) is 12.1 Å². The Hall–Kier alpha value is -0.940. The van der Waals surface area contributed by atoms with E-state index in [1.54, 1.807) is 0 Å². The molecule has 1 saturated heterocycles. The molecule has 1 aromatic rings. The van der Waals surface area contributed by atoms with E-state index in [-0.39, 0.29) is 40.2 Å². The van der Waals surface area contributed by atoms with Gasteiger partial charge in [0.2, 0.25) is 0 Å². The molecule has 0 aromatic heterocycles. The smallest absolute Gasteiger partial charge is 0.166 e. The van der Waals surface area contributed by atoms with Crippen LogP contribution >= 0.6 is 11.6 Å². The predicted molar refractivity (Wildman–Crippen MR) is 67.1 cm³/mol. The lowest BCUT2D eigenvalue weighted by molar-refractivity contribution is 0.0962. The first kappa shape index (κ1) is 13.5. The van der Waals surface area contributed by atoms with Crippen molar-refractivity contribution < 1.29 is 17.6 Å². The van der Waals surface area contributed by atoms with Crippen LogP contribution in [-0.2, 0) is 9.84 Å². The van der Waals surface area contributed by atoms with Crippen LogP contribution in [0.4, 0.5) is 4.39 Å². The number of ketones is 1. The second-order valence-corrected chi connectivity index (χ2v) is 7.19. The Labute approximate surface area is 110 Å². The van der Waals surface area contributed by atoms with E-state index >= 15 is 0 Å². The molecule has 1 aliphatic heterocycles. The van der Waals surface area contributed by atoms with Gasteiger partial charge in [-0.05, 0) is 30.5 Å². The number of carbonyl (C=O) groups excluding carboxylic acids is 1. The van der Waals surface area contributed by atoms with Crippen molar-refractivity contribution >= 4 is 27.2 Å². The first-order valence-electron chi connectivity index (χ1n) is 5.56. The van der Waals surface area contributed by atoms with Crippen molar-refractivity contribution in [1.29, 1.82) is 0 Å². The van der Waals surface area contributed by atoms with E-state index in [1.807, 2.05) is 0 Å². The SMILES string of the molecule is O=C(CC1CCS(=O)(=O)C1)c1ccc(Cl)cc1F. The second kappa shape index (κ2) is 4.97.